The van der Waals surface area contributed by atoms with Crippen molar-refractivity contribution in [1.82, 2.24) is 10.3 Å². The second-order valence-corrected chi connectivity index (χ2v) is 8.87. The summed E-state index contributed by atoms with van der Waals surface area (Å²) in [6.45, 7) is 2.40. The minimum Gasteiger partial charge on any atom is -0.383 e. The van der Waals surface area contributed by atoms with E-state index in [2.05, 4.69) is 15.6 Å². The number of anilines is 1. The van der Waals surface area contributed by atoms with Crippen molar-refractivity contribution in [2.75, 3.05) is 25.6 Å². The third-order valence-electron chi connectivity index (χ3n) is 3.79. The van der Waals surface area contributed by atoms with E-state index >= 15 is 0 Å². The number of ether oxygens (including phenoxy) is 1. The molecule has 0 spiro atoms. The van der Waals surface area contributed by atoms with Crippen LogP contribution in [-0.4, -0.2) is 39.7 Å². The topological polar surface area (TPSA) is 107 Å². The molecule has 8 nitrogen and oxygen atoms in total. The van der Waals surface area contributed by atoms with Gasteiger partial charge in [-0.25, -0.2) is 9.78 Å². The van der Waals surface area contributed by atoms with Crippen LogP contribution in [0.5, 0.6) is 5.75 Å². The Morgan fingerprint density at radius 2 is 2.07 bits per heavy atom. The average Bonchev–Trinajstić information content (AvgIpc) is 3.02. The van der Waals surface area contributed by atoms with E-state index in [4.69, 9.17) is 20.5 Å². The van der Waals surface area contributed by atoms with Crippen LogP contribution in [0.15, 0.2) is 41.3 Å². The number of amides is 2. The normalized spacial score (nSPS) is 11.4. The molecule has 0 radical (unpaired) electrons. The van der Waals surface area contributed by atoms with Gasteiger partial charge in [-0.15, -0.1) is 0 Å². The van der Waals surface area contributed by atoms with Gasteiger partial charge in [0.15, 0.2) is 5.13 Å². The molecule has 3 rings (SSSR count). The highest BCUT2D eigenvalue weighted by Gasteiger charge is 2.23. The van der Waals surface area contributed by atoms with E-state index < -0.39 is 16.1 Å². The number of nitrogens with zero attached hydrogens (tertiary/aromatic N) is 1. The number of aromatic nitrogens is 1. The second-order valence-electron chi connectivity index (χ2n) is 5.95. The van der Waals surface area contributed by atoms with Gasteiger partial charge in [-0.3, -0.25) is 5.32 Å². The van der Waals surface area contributed by atoms with Gasteiger partial charge in [-0.1, -0.05) is 35.1 Å². The highest BCUT2D eigenvalue weighted by atomic mass is 35.5. The predicted octanol–water partition coefficient (Wildman–Crippen LogP) is 3.79. The fourth-order valence-corrected chi connectivity index (χ4v) is 5.12. The molecule has 0 unspecified atom stereocenters. The summed E-state index contributed by atoms with van der Waals surface area (Å²) in [5.41, 5.74) is 1.09. The summed E-state index contributed by atoms with van der Waals surface area (Å²) in [4.78, 5) is 16.0. The molecule has 1 aromatic heterocycles. The number of hydrogen-bond donors (Lipinski definition) is 2. The van der Waals surface area contributed by atoms with Crippen molar-refractivity contribution in [3.05, 3.63) is 47.0 Å². The van der Waals surface area contributed by atoms with Gasteiger partial charge < -0.3 is 14.2 Å². The first-order valence-electron chi connectivity index (χ1n) is 8.44. The number of benzene rings is 2. The Kier molecular flexibility index (Phi) is 6.58. The van der Waals surface area contributed by atoms with E-state index in [1.165, 1.54) is 23.5 Å². The summed E-state index contributed by atoms with van der Waals surface area (Å²) in [5, 5.41) is 5.71. The van der Waals surface area contributed by atoms with Gasteiger partial charge in [0.2, 0.25) is 0 Å². The summed E-state index contributed by atoms with van der Waals surface area (Å²) in [5.74, 6) is 0.122. The third-order valence-corrected chi connectivity index (χ3v) is 6.61. The van der Waals surface area contributed by atoms with Gasteiger partial charge >= 0.3 is 16.1 Å². The Balaban J connectivity index is 1.79. The fraction of sp³-hybridized carbons (Fsp3) is 0.222. The summed E-state index contributed by atoms with van der Waals surface area (Å²) in [6.07, 6.45) is 0. The summed E-state index contributed by atoms with van der Waals surface area (Å²) < 4.78 is 36.1. The lowest BCUT2D eigenvalue weighted by Crippen LogP contribution is -2.31. The van der Waals surface area contributed by atoms with Crippen molar-refractivity contribution in [3.8, 4) is 5.75 Å². The zero-order valence-corrected chi connectivity index (χ0v) is 18.0. The summed E-state index contributed by atoms with van der Waals surface area (Å²) in [6, 6.07) is 9.05. The molecule has 2 aromatic carbocycles. The Bertz CT molecular complexity index is 1130. The van der Waals surface area contributed by atoms with Gasteiger partial charge in [0.05, 0.1) is 21.8 Å². The average molecular weight is 456 g/mol. The molecule has 0 saturated heterocycles. The van der Waals surface area contributed by atoms with Crippen LogP contribution in [0.1, 0.15) is 5.56 Å². The number of rotatable bonds is 7. The van der Waals surface area contributed by atoms with Gasteiger partial charge in [0, 0.05) is 19.7 Å². The Morgan fingerprint density at radius 1 is 1.28 bits per heavy atom. The molecule has 0 aliphatic heterocycles. The maximum atomic E-state index is 12.7. The van der Waals surface area contributed by atoms with E-state index in [1.54, 1.807) is 38.3 Å². The third kappa shape index (κ3) is 5.15. The molecular formula is C18H18ClN3O5S2. The van der Waals surface area contributed by atoms with Crippen LogP contribution >= 0.6 is 22.9 Å². The SMILES string of the molecule is COCCNC(=O)Nc1nc2ccc(OS(=O)(=O)c3c(C)cccc3Cl)cc2s1. The van der Waals surface area contributed by atoms with Crippen molar-refractivity contribution in [1.29, 1.82) is 0 Å². The molecule has 0 aliphatic rings. The molecule has 0 fully saturated rings. The number of hydrogen-bond acceptors (Lipinski definition) is 7. The Hall–Kier alpha value is -2.40. The molecule has 0 aliphatic carbocycles. The highest BCUT2D eigenvalue weighted by molar-refractivity contribution is 7.87. The molecular weight excluding hydrogens is 438 g/mol. The van der Waals surface area contributed by atoms with Gasteiger partial charge in [-0.05, 0) is 30.7 Å². The van der Waals surface area contributed by atoms with Crippen LogP contribution in [0.2, 0.25) is 5.02 Å². The summed E-state index contributed by atoms with van der Waals surface area (Å²) >= 11 is 7.24. The molecule has 2 N–H and O–H groups in total. The van der Waals surface area contributed by atoms with E-state index in [9.17, 15) is 13.2 Å². The minimum absolute atomic E-state index is 0.0684. The fourth-order valence-electron chi connectivity index (χ4n) is 2.52. The Labute approximate surface area is 176 Å². The van der Waals surface area contributed by atoms with E-state index in [0.717, 1.165) is 0 Å². The van der Waals surface area contributed by atoms with Crippen LogP contribution in [0.4, 0.5) is 9.93 Å². The maximum Gasteiger partial charge on any atom is 0.340 e. The second kappa shape index (κ2) is 8.95. The quantitative estimate of drug-likeness (QED) is 0.414. The highest BCUT2D eigenvalue weighted by Crippen LogP contribution is 2.32. The molecule has 2 amide bonds. The first-order chi connectivity index (χ1) is 13.8. The molecule has 0 atom stereocenters. The first-order valence-corrected chi connectivity index (χ1v) is 11.0. The number of fused-ring (bicyclic) bond motifs is 1. The van der Waals surface area contributed by atoms with E-state index in [-0.39, 0.29) is 15.7 Å². The molecule has 3 aromatic rings. The number of thiazole rings is 1. The van der Waals surface area contributed by atoms with Crippen molar-refractivity contribution in [2.45, 2.75) is 11.8 Å². The molecule has 154 valence electrons. The van der Waals surface area contributed by atoms with Gasteiger partial charge in [0.25, 0.3) is 0 Å². The van der Waals surface area contributed by atoms with Crippen LogP contribution in [0, 0.1) is 6.92 Å². The minimum atomic E-state index is -4.11. The number of nitrogens with one attached hydrogen (secondary N) is 2. The van der Waals surface area contributed by atoms with Crippen LogP contribution in [0.3, 0.4) is 0 Å². The lowest BCUT2D eigenvalue weighted by molar-refractivity contribution is 0.198. The summed E-state index contributed by atoms with van der Waals surface area (Å²) in [7, 11) is -2.57. The molecule has 1 heterocycles. The monoisotopic (exact) mass is 455 g/mol. The van der Waals surface area contributed by atoms with E-state index in [1.807, 2.05) is 0 Å². The van der Waals surface area contributed by atoms with Crippen molar-refractivity contribution in [2.24, 2.45) is 0 Å². The zero-order chi connectivity index (χ0) is 21.0. The van der Waals surface area contributed by atoms with Crippen LogP contribution < -0.4 is 14.8 Å². The van der Waals surface area contributed by atoms with E-state index in [0.29, 0.717) is 34.1 Å². The van der Waals surface area contributed by atoms with Gasteiger partial charge in [0.1, 0.15) is 10.6 Å². The predicted molar refractivity (Wildman–Crippen MR) is 113 cm³/mol. The lowest BCUT2D eigenvalue weighted by atomic mass is 10.2. The van der Waals surface area contributed by atoms with Crippen molar-refractivity contribution < 1.29 is 22.1 Å². The zero-order valence-electron chi connectivity index (χ0n) is 15.6. The number of urea groups is 1. The largest absolute Gasteiger partial charge is 0.383 e. The number of aryl methyl sites for hydroxylation is 1. The molecule has 0 bridgehead atoms. The van der Waals surface area contributed by atoms with Crippen molar-refractivity contribution in [3.63, 3.8) is 0 Å². The number of carbonyl (C=O) groups excluding carboxylic acids is 1. The lowest BCUT2D eigenvalue weighted by Gasteiger charge is -2.10. The molecule has 11 heteroatoms. The number of halogens is 1. The van der Waals surface area contributed by atoms with Crippen LogP contribution in [0.25, 0.3) is 10.2 Å². The first kappa shape index (κ1) is 21.3. The molecule has 29 heavy (non-hydrogen) atoms. The smallest absolute Gasteiger partial charge is 0.340 e. The molecule has 0 saturated carbocycles. The van der Waals surface area contributed by atoms with Gasteiger partial charge in [-0.2, -0.15) is 8.42 Å². The number of methoxy groups -OCH3 is 1. The van der Waals surface area contributed by atoms with Crippen LogP contribution in [-0.2, 0) is 14.9 Å². The van der Waals surface area contributed by atoms with Crippen molar-refractivity contribution >= 4 is 54.4 Å². The maximum absolute atomic E-state index is 12.7. The standard InChI is InChI=1S/C18H18ClN3O5S2/c1-11-4-3-5-13(19)16(11)29(24,25)27-12-6-7-14-15(10-12)28-18(21-14)22-17(23)20-8-9-26-2/h3-7,10H,8-9H2,1-2H3,(H2,20,21,22,23). The number of carbonyl (C=O) groups is 1. The Morgan fingerprint density at radius 3 is 2.79 bits per heavy atom.